The largest absolute Gasteiger partial charge is 0.498 e. The summed E-state index contributed by atoms with van der Waals surface area (Å²) in [7, 11) is -1.80. The summed E-state index contributed by atoms with van der Waals surface area (Å²) in [6, 6.07) is 18.0. The van der Waals surface area contributed by atoms with Crippen LogP contribution < -0.4 is 31.3 Å². The molecule has 3 N–H and O–H groups in total. The highest BCUT2D eigenvalue weighted by atomic mass is 16.7. The number of fused-ring (bicyclic) bond motifs is 1. The van der Waals surface area contributed by atoms with Crippen LogP contribution in [-0.2, 0) is 23.4 Å². The van der Waals surface area contributed by atoms with Crippen LogP contribution in [0.5, 0.6) is 11.5 Å². The maximum absolute atomic E-state index is 13.9. The zero-order valence-corrected chi connectivity index (χ0v) is 47.0. The van der Waals surface area contributed by atoms with Crippen LogP contribution >= 0.6 is 0 Å². The molecule has 0 aliphatic carbocycles. The van der Waals surface area contributed by atoms with E-state index in [9.17, 15) is 24.2 Å². The third-order valence-corrected chi connectivity index (χ3v) is 13.6. The minimum Gasteiger partial charge on any atom is -0.491 e. The van der Waals surface area contributed by atoms with E-state index in [0.717, 1.165) is 41.5 Å². The molecule has 75 heavy (non-hydrogen) atoms. The molecule has 4 amide bonds. The lowest BCUT2D eigenvalue weighted by Gasteiger charge is -2.36. The summed E-state index contributed by atoms with van der Waals surface area (Å²) in [6.45, 7) is 32.3. The average molecular weight is 1030 g/mol. The van der Waals surface area contributed by atoms with Crippen LogP contribution in [0, 0.1) is 41.5 Å². The molecule has 18 heteroatoms. The lowest BCUT2D eigenvalue weighted by molar-refractivity contribution is -0.165. The molecule has 4 aromatic rings. The third kappa shape index (κ3) is 14.2. The fourth-order valence-corrected chi connectivity index (χ4v) is 9.03. The number of carbonyl (C=O) groups is 4. The number of rotatable bonds is 10. The molecular weight excluding hydrogens is 954 g/mol. The van der Waals surface area contributed by atoms with E-state index < -0.39 is 48.3 Å². The second-order valence-electron chi connectivity index (χ2n) is 22.7. The molecule has 3 aliphatic heterocycles. The Morgan fingerprint density at radius 3 is 1.60 bits per heavy atom. The lowest BCUT2D eigenvalue weighted by Crippen LogP contribution is -2.56. The molecule has 0 aromatic heterocycles. The normalized spacial score (nSPS) is 17.1. The monoisotopic (exact) mass is 1030 g/mol. The van der Waals surface area contributed by atoms with Gasteiger partial charge in [-0.25, -0.2) is 10.0 Å². The number of amides is 4. The van der Waals surface area contributed by atoms with Gasteiger partial charge in [-0.3, -0.25) is 30.0 Å². The predicted octanol–water partition coefficient (Wildman–Crippen LogP) is 7.71. The number of nitrogens with one attached hydrogen (secondary N) is 2. The quantitative estimate of drug-likeness (QED) is 0.0801. The number of hydrogen-bond donors (Lipinski definition) is 3. The lowest BCUT2D eigenvalue weighted by atomic mass is 9.76. The molecule has 1 unspecified atom stereocenters. The Labute approximate surface area is 444 Å². The van der Waals surface area contributed by atoms with E-state index in [-0.39, 0.29) is 37.9 Å². The van der Waals surface area contributed by atoms with Crippen LogP contribution in [0.4, 0.5) is 0 Å². The van der Waals surface area contributed by atoms with Gasteiger partial charge < -0.3 is 37.9 Å². The molecule has 2 fully saturated rings. The van der Waals surface area contributed by atoms with E-state index in [1.165, 1.54) is 10.0 Å². The molecule has 0 bridgehead atoms. The average Bonchev–Trinajstić information content (AvgIpc) is 3.40. The first-order valence-corrected chi connectivity index (χ1v) is 25.9. The molecule has 7 rings (SSSR count). The summed E-state index contributed by atoms with van der Waals surface area (Å²) in [5.74, 6) is -0.515. The van der Waals surface area contributed by atoms with Gasteiger partial charge in [-0.1, -0.05) is 46.5 Å². The van der Waals surface area contributed by atoms with Crippen molar-refractivity contribution in [1.29, 1.82) is 0 Å². The number of benzene rings is 4. The minimum atomic E-state index is -1.11. The smallest absolute Gasteiger partial charge is 0.491 e. The van der Waals surface area contributed by atoms with Gasteiger partial charge in [-0.2, -0.15) is 0 Å². The Morgan fingerprint density at radius 2 is 1.13 bits per heavy atom. The van der Waals surface area contributed by atoms with Gasteiger partial charge in [0.2, 0.25) is 0 Å². The zero-order chi connectivity index (χ0) is 55.4. The van der Waals surface area contributed by atoms with Crippen molar-refractivity contribution in [2.75, 3.05) is 33.0 Å². The molecule has 3 aliphatic rings. The summed E-state index contributed by atoms with van der Waals surface area (Å²) in [5, 5.41) is 12.9. The van der Waals surface area contributed by atoms with Gasteiger partial charge in [0.25, 0.3) is 23.6 Å². The van der Waals surface area contributed by atoms with Gasteiger partial charge in [-0.05, 0) is 166 Å². The third-order valence-electron chi connectivity index (χ3n) is 13.6. The van der Waals surface area contributed by atoms with Gasteiger partial charge in [0.15, 0.2) is 6.29 Å². The standard InChI is InChI=1S/C34H49BN2O7.C23H29BN2O5/c1-22-19-23(2)21-25(20-22)31(39)37(32(4,5)6)36-30(38)26-14-15-27(35-43-33(7,8)34(9,10)44-35)29(24(26)3)42-18-17-41-28-13-11-12-16-40-28;1-14-11-15(2)13-17(12-14)22(28)26(23(4,5)6)25-21(27)18-7-8-19-20(16(18)3)30-9-10-31-24(19)29/h14-15,19-21,28H,11-13,16-18H2,1-10H3,(H,36,38);7-8,11-13,29H,9-10H2,1-6H3,(H,25,27). The van der Waals surface area contributed by atoms with Crippen LogP contribution in [0.15, 0.2) is 60.7 Å². The molecule has 0 spiro atoms. The summed E-state index contributed by atoms with van der Waals surface area (Å²) in [5.41, 5.74) is 11.2. The number of carbonyl (C=O) groups excluding carboxylic acids is 4. The summed E-state index contributed by atoms with van der Waals surface area (Å²) in [4.78, 5) is 54.1. The van der Waals surface area contributed by atoms with Crippen molar-refractivity contribution in [1.82, 2.24) is 20.9 Å². The van der Waals surface area contributed by atoms with Gasteiger partial charge >= 0.3 is 14.2 Å². The second-order valence-corrected chi connectivity index (χ2v) is 22.7. The maximum atomic E-state index is 13.9. The highest BCUT2D eigenvalue weighted by Crippen LogP contribution is 2.38. The second kappa shape index (κ2) is 23.6. The molecule has 2 saturated heterocycles. The van der Waals surface area contributed by atoms with Gasteiger partial charge in [-0.15, -0.1) is 0 Å². The van der Waals surface area contributed by atoms with Crippen molar-refractivity contribution in [3.63, 3.8) is 0 Å². The topological polar surface area (TPSA) is 184 Å². The molecule has 4 aromatic carbocycles. The van der Waals surface area contributed by atoms with E-state index in [4.69, 9.17) is 32.9 Å². The number of aryl methyl sites for hydroxylation is 4. The highest BCUT2D eigenvalue weighted by molar-refractivity contribution is 6.63. The Hall–Kier alpha value is -5.75. The van der Waals surface area contributed by atoms with E-state index in [0.29, 0.717) is 69.0 Å². The van der Waals surface area contributed by atoms with Crippen LogP contribution in [0.25, 0.3) is 0 Å². The molecule has 0 radical (unpaired) electrons. The van der Waals surface area contributed by atoms with Gasteiger partial charge in [0, 0.05) is 50.9 Å². The van der Waals surface area contributed by atoms with Crippen LogP contribution in [0.1, 0.15) is 163 Å². The Kier molecular flexibility index (Phi) is 18.4. The molecule has 0 saturated carbocycles. The number of hydrogen-bond acceptors (Lipinski definition) is 12. The van der Waals surface area contributed by atoms with Crippen molar-refractivity contribution in [2.24, 2.45) is 0 Å². The number of hydrazine groups is 2. The van der Waals surface area contributed by atoms with Crippen molar-refractivity contribution < 1.29 is 57.1 Å². The summed E-state index contributed by atoms with van der Waals surface area (Å²) in [6.07, 6.45) is 2.75. The predicted molar refractivity (Wildman–Crippen MR) is 291 cm³/mol. The first-order chi connectivity index (χ1) is 35.0. The van der Waals surface area contributed by atoms with Crippen LogP contribution in [0.3, 0.4) is 0 Å². The fraction of sp³-hybridized carbons (Fsp3) is 0.509. The van der Waals surface area contributed by atoms with Gasteiger partial charge in [0.1, 0.15) is 24.7 Å². The zero-order valence-electron chi connectivity index (χ0n) is 47.0. The van der Waals surface area contributed by atoms with E-state index in [1.807, 2.05) is 140 Å². The first-order valence-electron chi connectivity index (χ1n) is 25.9. The Bertz CT molecular complexity index is 2690. The summed E-state index contributed by atoms with van der Waals surface area (Å²) < 4.78 is 41.6. The van der Waals surface area contributed by atoms with Crippen molar-refractivity contribution in [2.45, 2.75) is 159 Å². The first kappa shape index (κ1) is 58.5. The number of nitrogens with zero attached hydrogens (tertiary/aromatic N) is 2. The SMILES string of the molecule is Cc1cc(C)cc(C(=O)N(NC(=O)c2ccc(B3OC(C)(C)C(C)(C)O3)c(OCCOC3CCCCO3)c2C)C(C)(C)C)c1.Cc1cc(C)cc(C(=O)N(NC(=O)c2ccc3c(c2C)OCCOB3O)C(C)(C)C)c1. The fourth-order valence-electron chi connectivity index (χ4n) is 9.03. The Morgan fingerprint density at radius 1 is 0.653 bits per heavy atom. The van der Waals surface area contributed by atoms with Gasteiger partial charge in [0.05, 0.1) is 35.5 Å². The molecule has 3 heterocycles. The van der Waals surface area contributed by atoms with Crippen molar-refractivity contribution in [3.05, 3.63) is 116 Å². The molecule has 404 valence electrons. The van der Waals surface area contributed by atoms with Crippen LogP contribution in [0.2, 0.25) is 0 Å². The Balaban J connectivity index is 0.000000259. The minimum absolute atomic E-state index is 0.230. The van der Waals surface area contributed by atoms with E-state index >= 15 is 0 Å². The molecule has 16 nitrogen and oxygen atoms in total. The highest BCUT2D eigenvalue weighted by Gasteiger charge is 2.53. The van der Waals surface area contributed by atoms with Crippen molar-refractivity contribution in [3.8, 4) is 11.5 Å². The van der Waals surface area contributed by atoms with Crippen molar-refractivity contribution >= 4 is 48.8 Å². The summed E-state index contributed by atoms with van der Waals surface area (Å²) >= 11 is 0. The van der Waals surface area contributed by atoms with E-state index in [1.54, 1.807) is 31.2 Å². The molecular formula is C57H78B2N4O12. The van der Waals surface area contributed by atoms with E-state index in [2.05, 4.69) is 10.9 Å². The number of ether oxygens (including phenoxy) is 4. The molecule has 1 atom stereocenters. The maximum Gasteiger partial charge on any atom is 0.498 e. The van der Waals surface area contributed by atoms with Crippen LogP contribution in [-0.4, -0.2) is 115 Å².